The van der Waals surface area contributed by atoms with Gasteiger partial charge in [0.15, 0.2) is 0 Å². The van der Waals surface area contributed by atoms with Gasteiger partial charge in [-0.15, -0.1) is 10.2 Å². The van der Waals surface area contributed by atoms with Crippen molar-refractivity contribution in [3.05, 3.63) is 5.01 Å². The molecule has 0 atom stereocenters. The molecule has 0 radical (unpaired) electrons. The number of alkyl halides is 3. The molecule has 4 nitrogen and oxygen atoms in total. The van der Waals surface area contributed by atoms with E-state index in [0.29, 0.717) is 17.9 Å². The van der Waals surface area contributed by atoms with Gasteiger partial charge in [-0.1, -0.05) is 24.2 Å². The van der Waals surface area contributed by atoms with E-state index < -0.39 is 11.2 Å². The number of rotatable bonds is 4. The van der Waals surface area contributed by atoms with E-state index in [1.807, 2.05) is 14.1 Å². The summed E-state index contributed by atoms with van der Waals surface area (Å²) >= 11 is 0.557. The van der Waals surface area contributed by atoms with Gasteiger partial charge in [0.1, 0.15) is 0 Å². The first-order valence-corrected chi connectivity index (χ1v) is 6.97. The Morgan fingerprint density at radius 2 is 1.89 bits per heavy atom. The van der Waals surface area contributed by atoms with Crippen molar-refractivity contribution in [1.82, 2.24) is 15.1 Å². The van der Waals surface area contributed by atoms with Crippen molar-refractivity contribution in [3.63, 3.8) is 0 Å². The Labute approximate surface area is 114 Å². The van der Waals surface area contributed by atoms with Crippen LogP contribution in [0.3, 0.4) is 0 Å². The number of halogens is 3. The van der Waals surface area contributed by atoms with Gasteiger partial charge < -0.3 is 10.2 Å². The van der Waals surface area contributed by atoms with Crippen LogP contribution in [0.4, 0.5) is 18.3 Å². The topological polar surface area (TPSA) is 41.0 Å². The molecule has 1 aliphatic rings. The standard InChI is InChI=1S/C11H17F3N4S/c1-18(2)10(5-3-4-6-10)7-15-9-17-16-8(19-9)11(12,13)14/h3-7H2,1-2H3,(H,15,17). The quantitative estimate of drug-likeness (QED) is 0.927. The van der Waals surface area contributed by atoms with Crippen molar-refractivity contribution in [2.45, 2.75) is 37.4 Å². The number of hydrogen-bond acceptors (Lipinski definition) is 5. The third-order valence-corrected chi connectivity index (χ3v) is 4.64. The van der Waals surface area contributed by atoms with Crippen LogP contribution in [-0.4, -0.2) is 41.3 Å². The summed E-state index contributed by atoms with van der Waals surface area (Å²) in [6.07, 6.45) is 0.00755. The lowest BCUT2D eigenvalue weighted by molar-refractivity contribution is -0.138. The third-order valence-electron chi connectivity index (χ3n) is 3.72. The fourth-order valence-electron chi connectivity index (χ4n) is 2.46. The van der Waals surface area contributed by atoms with Crippen molar-refractivity contribution >= 4 is 16.5 Å². The molecule has 0 unspecified atom stereocenters. The minimum atomic E-state index is -4.41. The maximum absolute atomic E-state index is 12.4. The van der Waals surface area contributed by atoms with Crippen molar-refractivity contribution in [2.24, 2.45) is 0 Å². The lowest BCUT2D eigenvalue weighted by atomic mass is 9.96. The van der Waals surface area contributed by atoms with Gasteiger partial charge in [0.25, 0.3) is 0 Å². The van der Waals surface area contributed by atoms with E-state index in [0.717, 1.165) is 25.7 Å². The first-order valence-electron chi connectivity index (χ1n) is 6.15. The summed E-state index contributed by atoms with van der Waals surface area (Å²) < 4.78 is 37.3. The average Bonchev–Trinajstić information content (AvgIpc) is 2.96. The maximum Gasteiger partial charge on any atom is 0.445 e. The molecule has 0 amide bonds. The van der Waals surface area contributed by atoms with Gasteiger partial charge in [-0.3, -0.25) is 0 Å². The Morgan fingerprint density at radius 1 is 1.26 bits per heavy atom. The van der Waals surface area contributed by atoms with E-state index >= 15 is 0 Å². The number of hydrogen-bond donors (Lipinski definition) is 1. The predicted octanol–water partition coefficient (Wildman–Crippen LogP) is 2.84. The monoisotopic (exact) mass is 294 g/mol. The Morgan fingerprint density at radius 3 is 2.37 bits per heavy atom. The van der Waals surface area contributed by atoms with Gasteiger partial charge in [-0.05, 0) is 26.9 Å². The predicted molar refractivity (Wildman–Crippen MR) is 68.3 cm³/mol. The van der Waals surface area contributed by atoms with Crippen LogP contribution in [0.2, 0.25) is 0 Å². The molecule has 1 aromatic rings. The Hall–Kier alpha value is -0.890. The molecule has 8 heteroatoms. The molecule has 0 bridgehead atoms. The summed E-state index contributed by atoms with van der Waals surface area (Å²) in [6.45, 7) is 0.604. The van der Waals surface area contributed by atoms with Crippen LogP contribution >= 0.6 is 11.3 Å². The van der Waals surface area contributed by atoms with Crippen molar-refractivity contribution in [2.75, 3.05) is 26.0 Å². The molecular formula is C11H17F3N4S. The Bertz CT molecular complexity index is 424. The molecule has 1 saturated carbocycles. The fraction of sp³-hybridized carbons (Fsp3) is 0.818. The van der Waals surface area contributed by atoms with Gasteiger partial charge in [-0.2, -0.15) is 13.2 Å². The highest BCUT2D eigenvalue weighted by molar-refractivity contribution is 7.15. The van der Waals surface area contributed by atoms with Crippen molar-refractivity contribution in [1.29, 1.82) is 0 Å². The summed E-state index contributed by atoms with van der Waals surface area (Å²) in [6, 6.07) is 0. The molecule has 0 spiro atoms. The molecule has 108 valence electrons. The molecule has 0 saturated heterocycles. The molecule has 1 N–H and O–H groups in total. The Kier molecular flexibility index (Phi) is 4.00. The normalized spacial score (nSPS) is 19.1. The lowest BCUT2D eigenvalue weighted by Gasteiger charge is -2.36. The van der Waals surface area contributed by atoms with Gasteiger partial charge in [-0.25, -0.2) is 0 Å². The summed E-state index contributed by atoms with van der Waals surface area (Å²) in [7, 11) is 4.02. The largest absolute Gasteiger partial charge is 0.445 e. The van der Waals surface area contributed by atoms with Crippen LogP contribution in [0, 0.1) is 0 Å². The van der Waals surface area contributed by atoms with E-state index in [9.17, 15) is 13.2 Å². The second-order valence-electron chi connectivity index (χ2n) is 5.09. The summed E-state index contributed by atoms with van der Waals surface area (Å²) in [5.41, 5.74) is 0.0179. The number of nitrogens with one attached hydrogen (secondary N) is 1. The first kappa shape index (κ1) is 14.5. The van der Waals surface area contributed by atoms with Crippen molar-refractivity contribution < 1.29 is 13.2 Å². The number of nitrogens with zero attached hydrogens (tertiary/aromatic N) is 3. The van der Waals surface area contributed by atoms with Gasteiger partial charge in [0, 0.05) is 12.1 Å². The van der Waals surface area contributed by atoms with Crippen LogP contribution in [0.5, 0.6) is 0 Å². The Balaban J connectivity index is 2.00. The second-order valence-corrected chi connectivity index (χ2v) is 6.07. The highest BCUT2D eigenvalue weighted by Gasteiger charge is 2.37. The molecule has 2 rings (SSSR count). The molecule has 1 fully saturated rings. The fourth-order valence-corrected chi connectivity index (χ4v) is 3.07. The molecule has 19 heavy (non-hydrogen) atoms. The third kappa shape index (κ3) is 3.17. The molecule has 1 aromatic heterocycles. The van der Waals surface area contributed by atoms with E-state index in [2.05, 4.69) is 20.4 Å². The van der Waals surface area contributed by atoms with Crippen LogP contribution in [-0.2, 0) is 6.18 Å². The minimum Gasteiger partial charge on any atom is -0.358 e. The average molecular weight is 294 g/mol. The van der Waals surface area contributed by atoms with E-state index in [4.69, 9.17) is 0 Å². The molecule has 0 aromatic carbocycles. The second kappa shape index (κ2) is 5.24. The highest BCUT2D eigenvalue weighted by atomic mass is 32.1. The van der Waals surface area contributed by atoms with E-state index in [-0.39, 0.29) is 10.7 Å². The molecule has 1 heterocycles. The smallest absolute Gasteiger partial charge is 0.358 e. The zero-order valence-corrected chi connectivity index (χ0v) is 11.7. The van der Waals surface area contributed by atoms with Gasteiger partial charge in [0.2, 0.25) is 10.1 Å². The van der Waals surface area contributed by atoms with E-state index in [1.165, 1.54) is 0 Å². The van der Waals surface area contributed by atoms with E-state index in [1.54, 1.807) is 0 Å². The van der Waals surface area contributed by atoms with Gasteiger partial charge in [0.05, 0.1) is 0 Å². The van der Waals surface area contributed by atoms with Crippen LogP contribution < -0.4 is 5.32 Å². The zero-order valence-electron chi connectivity index (χ0n) is 10.9. The van der Waals surface area contributed by atoms with Crippen LogP contribution in [0.1, 0.15) is 30.7 Å². The summed E-state index contributed by atoms with van der Waals surface area (Å²) in [5, 5.41) is 9.06. The molecule has 1 aliphatic carbocycles. The molecular weight excluding hydrogens is 277 g/mol. The number of anilines is 1. The van der Waals surface area contributed by atoms with Crippen LogP contribution in [0.25, 0.3) is 0 Å². The SMILES string of the molecule is CN(C)C1(CNc2nnc(C(F)(F)F)s2)CCCC1. The lowest BCUT2D eigenvalue weighted by Crippen LogP contribution is -2.47. The minimum absolute atomic E-state index is 0.0179. The summed E-state index contributed by atoms with van der Waals surface area (Å²) in [4.78, 5) is 2.15. The maximum atomic E-state index is 12.4. The summed E-state index contributed by atoms with van der Waals surface area (Å²) in [5.74, 6) is 0. The molecule has 0 aliphatic heterocycles. The number of likely N-dealkylation sites (N-methyl/N-ethyl adjacent to an activating group) is 1. The number of aromatic nitrogens is 2. The highest BCUT2D eigenvalue weighted by Crippen LogP contribution is 2.36. The van der Waals surface area contributed by atoms with Crippen LogP contribution in [0.15, 0.2) is 0 Å². The van der Waals surface area contributed by atoms with Gasteiger partial charge >= 0.3 is 6.18 Å². The first-order chi connectivity index (χ1) is 8.83. The van der Waals surface area contributed by atoms with Crippen molar-refractivity contribution in [3.8, 4) is 0 Å². The zero-order chi connectivity index (χ0) is 14.1.